The highest BCUT2D eigenvalue weighted by Crippen LogP contribution is 2.33. The molecule has 1 aliphatic rings. The van der Waals surface area contributed by atoms with Crippen molar-refractivity contribution in [1.29, 1.82) is 0 Å². The molecule has 8 nitrogen and oxygen atoms in total. The lowest BCUT2D eigenvalue weighted by Gasteiger charge is -2.17. The minimum absolute atomic E-state index is 0.180. The fourth-order valence-electron chi connectivity index (χ4n) is 3.75. The van der Waals surface area contributed by atoms with Gasteiger partial charge in [0.1, 0.15) is 11.5 Å². The number of ether oxygens (including phenoxy) is 1. The number of aryl methyl sites for hydroxylation is 1. The van der Waals surface area contributed by atoms with E-state index in [-0.39, 0.29) is 6.54 Å². The van der Waals surface area contributed by atoms with Crippen LogP contribution in [0.15, 0.2) is 42.8 Å². The Morgan fingerprint density at radius 2 is 1.93 bits per heavy atom. The molecule has 0 radical (unpaired) electrons. The molecule has 0 unspecified atom stereocenters. The number of hydrogen-bond acceptors (Lipinski definition) is 6. The van der Waals surface area contributed by atoms with Gasteiger partial charge in [0.15, 0.2) is 5.89 Å². The number of nitrogens with one attached hydrogen (secondary N) is 1. The minimum Gasteiger partial charge on any atom is -0.493 e. The topological polar surface area (TPSA) is 103 Å². The summed E-state index contributed by atoms with van der Waals surface area (Å²) in [5, 5.41) is 0. The van der Waals surface area contributed by atoms with Crippen LogP contribution in [0.1, 0.15) is 60.9 Å². The zero-order chi connectivity index (χ0) is 20.2. The van der Waals surface area contributed by atoms with E-state index >= 15 is 0 Å². The van der Waals surface area contributed by atoms with E-state index in [4.69, 9.17) is 18.7 Å². The number of H-pyrrole nitrogens is 1. The van der Waals surface area contributed by atoms with Crippen molar-refractivity contribution < 1.29 is 13.7 Å². The molecule has 1 fully saturated rings. The number of nitrogens with zero attached hydrogens (tertiary/aromatic N) is 2. The van der Waals surface area contributed by atoms with Crippen molar-refractivity contribution in [3.63, 3.8) is 0 Å². The predicted molar refractivity (Wildman–Crippen MR) is 105 cm³/mol. The third-order valence-corrected chi connectivity index (χ3v) is 5.35. The molecule has 0 aliphatic heterocycles. The Hall–Kier alpha value is -3.03. The lowest BCUT2D eigenvalue weighted by atomic mass is 9.89. The quantitative estimate of drug-likeness (QED) is 0.655. The van der Waals surface area contributed by atoms with E-state index in [2.05, 4.69) is 4.98 Å². The summed E-state index contributed by atoms with van der Waals surface area (Å²) < 4.78 is 17.5. The van der Waals surface area contributed by atoms with Crippen LogP contribution in [0.25, 0.3) is 0 Å². The van der Waals surface area contributed by atoms with Crippen LogP contribution in [0.3, 0.4) is 0 Å². The van der Waals surface area contributed by atoms with Gasteiger partial charge in [-0.05, 0) is 37.5 Å². The zero-order valence-electron chi connectivity index (χ0n) is 16.5. The van der Waals surface area contributed by atoms with E-state index < -0.39 is 11.4 Å². The molecule has 0 spiro atoms. The molecule has 0 amide bonds. The van der Waals surface area contributed by atoms with Crippen LogP contribution in [0.2, 0.25) is 0 Å². The average Bonchev–Trinajstić information content (AvgIpc) is 3.25. The third kappa shape index (κ3) is 4.70. The molecule has 3 aromatic rings. The van der Waals surface area contributed by atoms with Crippen LogP contribution >= 0.6 is 0 Å². The van der Waals surface area contributed by atoms with Gasteiger partial charge in [0, 0.05) is 12.3 Å². The van der Waals surface area contributed by atoms with Gasteiger partial charge in [-0.2, -0.15) is 0 Å². The molecule has 1 aromatic carbocycles. The maximum absolute atomic E-state index is 11.5. The summed E-state index contributed by atoms with van der Waals surface area (Å²) in [5.74, 6) is 2.19. The Kier molecular flexibility index (Phi) is 5.69. The molecule has 8 heteroatoms. The number of benzene rings is 1. The summed E-state index contributed by atoms with van der Waals surface area (Å²) in [6.45, 7) is 2.65. The van der Waals surface area contributed by atoms with Gasteiger partial charge >= 0.3 is 11.4 Å². The van der Waals surface area contributed by atoms with Crippen LogP contribution in [0, 0.1) is 6.92 Å². The molecule has 1 aliphatic carbocycles. The second kappa shape index (κ2) is 8.55. The van der Waals surface area contributed by atoms with Gasteiger partial charge in [-0.3, -0.25) is 0 Å². The number of aromatic nitrogens is 3. The lowest BCUT2D eigenvalue weighted by Crippen LogP contribution is -2.17. The van der Waals surface area contributed by atoms with Crippen molar-refractivity contribution in [2.45, 2.75) is 57.9 Å². The number of hydrogen-bond donors (Lipinski definition) is 1. The fourth-order valence-corrected chi connectivity index (χ4v) is 3.75. The van der Waals surface area contributed by atoms with Crippen molar-refractivity contribution in [2.75, 3.05) is 6.61 Å². The molecule has 154 valence electrons. The first-order chi connectivity index (χ1) is 14.1. The maximum atomic E-state index is 11.5. The minimum atomic E-state index is -0.759. The molecule has 29 heavy (non-hydrogen) atoms. The van der Waals surface area contributed by atoms with Crippen molar-refractivity contribution in [2.24, 2.45) is 0 Å². The van der Waals surface area contributed by atoms with E-state index in [0.29, 0.717) is 18.9 Å². The fraction of sp³-hybridized carbons (Fsp3) is 0.476. The van der Waals surface area contributed by atoms with Gasteiger partial charge in [-0.1, -0.05) is 31.4 Å². The average molecular weight is 399 g/mol. The number of aromatic amines is 1. The molecular formula is C21H25N3O5. The van der Waals surface area contributed by atoms with Crippen LogP contribution in [-0.2, 0) is 13.0 Å². The number of rotatable bonds is 7. The summed E-state index contributed by atoms with van der Waals surface area (Å²) in [4.78, 5) is 29.3. The lowest BCUT2D eigenvalue weighted by molar-refractivity contribution is 0.258. The van der Waals surface area contributed by atoms with Gasteiger partial charge in [-0.15, -0.1) is 4.74 Å². The second-order valence-electron chi connectivity index (χ2n) is 7.48. The van der Waals surface area contributed by atoms with Crippen molar-refractivity contribution in [3.05, 3.63) is 68.2 Å². The normalized spacial score (nSPS) is 14.9. The van der Waals surface area contributed by atoms with Gasteiger partial charge in [-0.25, -0.2) is 19.6 Å². The third-order valence-electron chi connectivity index (χ3n) is 5.35. The number of oxazole rings is 1. The van der Waals surface area contributed by atoms with Gasteiger partial charge < -0.3 is 13.7 Å². The Bertz CT molecular complexity index is 1050. The van der Waals surface area contributed by atoms with Gasteiger partial charge in [0.2, 0.25) is 0 Å². The molecule has 4 rings (SSSR count). The Morgan fingerprint density at radius 3 is 2.62 bits per heavy atom. The highest BCUT2D eigenvalue weighted by Gasteiger charge is 2.21. The van der Waals surface area contributed by atoms with Crippen molar-refractivity contribution in [1.82, 2.24) is 14.7 Å². The first-order valence-corrected chi connectivity index (χ1v) is 10.1. The summed E-state index contributed by atoms with van der Waals surface area (Å²) in [6, 6.07) is 7.32. The van der Waals surface area contributed by atoms with Gasteiger partial charge in [0.05, 0.1) is 18.8 Å². The van der Waals surface area contributed by atoms with E-state index in [1.807, 2.05) is 31.2 Å². The predicted octanol–water partition coefficient (Wildman–Crippen LogP) is 3.14. The molecule has 0 bridgehead atoms. The largest absolute Gasteiger partial charge is 0.493 e. The Labute approximate surface area is 167 Å². The highest BCUT2D eigenvalue weighted by atomic mass is 16.5. The first kappa shape index (κ1) is 19.3. The van der Waals surface area contributed by atoms with E-state index in [9.17, 15) is 9.59 Å². The molecule has 1 N–H and O–H groups in total. The van der Waals surface area contributed by atoms with Crippen LogP contribution in [-0.4, -0.2) is 21.3 Å². The molecule has 2 aromatic heterocycles. The summed E-state index contributed by atoms with van der Waals surface area (Å²) in [6.07, 6.45) is 6.84. The summed E-state index contributed by atoms with van der Waals surface area (Å²) >= 11 is 0. The molecule has 0 atom stereocenters. The smallest absolute Gasteiger partial charge is 0.440 e. The van der Waals surface area contributed by atoms with Gasteiger partial charge in [0.25, 0.3) is 0 Å². The second-order valence-corrected chi connectivity index (χ2v) is 7.48. The molecule has 2 heterocycles. The van der Waals surface area contributed by atoms with E-state index in [1.165, 1.54) is 32.1 Å². The van der Waals surface area contributed by atoms with E-state index in [0.717, 1.165) is 33.4 Å². The first-order valence-electron chi connectivity index (χ1n) is 10.1. The van der Waals surface area contributed by atoms with Crippen molar-refractivity contribution in [3.8, 4) is 5.75 Å². The zero-order valence-corrected chi connectivity index (χ0v) is 16.5. The van der Waals surface area contributed by atoms with Crippen molar-refractivity contribution >= 4 is 0 Å². The molecule has 1 saturated carbocycles. The monoisotopic (exact) mass is 399 g/mol. The van der Waals surface area contributed by atoms with Crippen LogP contribution < -0.4 is 16.2 Å². The standard InChI is InChI=1S/C21H25N3O5/c1-14-18(22-19(28-14)16-5-3-2-4-6-16)11-12-27-17-9-7-15(8-10-17)13-24-20(25)23-21(26)29-24/h7-10,16H,2-6,11-13H2,1H3,(H,23,25,26). The highest BCUT2D eigenvalue weighted by molar-refractivity contribution is 5.27. The van der Waals surface area contributed by atoms with E-state index in [1.54, 1.807) is 0 Å². The Balaban J connectivity index is 1.30. The molecule has 0 saturated heterocycles. The summed E-state index contributed by atoms with van der Waals surface area (Å²) in [7, 11) is 0. The SMILES string of the molecule is Cc1oc(C2CCCCC2)nc1CCOc1ccc(Cn2oc(=O)[nH]c2=O)cc1. The maximum Gasteiger partial charge on any atom is 0.440 e. The Morgan fingerprint density at radius 1 is 1.17 bits per heavy atom. The molecular weight excluding hydrogens is 374 g/mol. The van der Waals surface area contributed by atoms with Crippen LogP contribution in [0.4, 0.5) is 0 Å². The van der Waals surface area contributed by atoms with Crippen LogP contribution in [0.5, 0.6) is 5.75 Å². The summed E-state index contributed by atoms with van der Waals surface area (Å²) in [5.41, 5.74) is 1.22.